The van der Waals surface area contributed by atoms with Crippen molar-refractivity contribution in [3.8, 4) is 33.4 Å². The van der Waals surface area contributed by atoms with Crippen LogP contribution in [0.25, 0.3) is 85.9 Å². The van der Waals surface area contributed by atoms with Crippen LogP contribution >= 0.6 is 11.3 Å². The molecule has 0 aliphatic rings. The Morgan fingerprint density at radius 1 is 0.286 bits per heavy atom. The van der Waals surface area contributed by atoms with Crippen LogP contribution in [-0.4, -0.2) is 0 Å². The number of hydrogen-bond donors (Lipinski definition) is 0. The van der Waals surface area contributed by atoms with Gasteiger partial charge in [0.1, 0.15) is 0 Å². The van der Waals surface area contributed by atoms with Crippen molar-refractivity contribution < 1.29 is 0 Å². The Labute approximate surface area is 330 Å². The molecule has 0 saturated heterocycles. The molecule has 11 rings (SSSR count). The fourth-order valence-electron chi connectivity index (χ4n) is 8.56. The minimum atomic E-state index is 1.10. The molecule has 0 aliphatic heterocycles. The highest BCUT2D eigenvalue weighted by molar-refractivity contribution is 7.25. The number of rotatable bonds is 6. The summed E-state index contributed by atoms with van der Waals surface area (Å²) < 4.78 is 2.64. The SMILES string of the molecule is c1ccc(N(c2ccc(-c3ccc4c(c3)sc3ccccc34)cc2)c2ccccc2-c2cc3ccccc3c3ccccc23)c(-c2ccc3ccccc3c2)c1. The van der Waals surface area contributed by atoms with Crippen molar-refractivity contribution in [3.63, 3.8) is 0 Å². The number of anilines is 3. The molecule has 0 radical (unpaired) electrons. The van der Waals surface area contributed by atoms with E-state index in [0.717, 1.165) is 17.1 Å². The second-order valence-electron chi connectivity index (χ2n) is 14.5. The molecule has 0 amide bonds. The Morgan fingerprint density at radius 3 is 1.68 bits per heavy atom. The van der Waals surface area contributed by atoms with Crippen molar-refractivity contribution in [3.05, 3.63) is 212 Å². The Bertz CT molecular complexity index is 3260. The smallest absolute Gasteiger partial charge is 0.0540 e. The fraction of sp³-hybridized carbons (Fsp3) is 0. The molecule has 10 aromatic carbocycles. The van der Waals surface area contributed by atoms with Gasteiger partial charge in [-0.15, -0.1) is 11.3 Å². The van der Waals surface area contributed by atoms with Gasteiger partial charge in [-0.3, -0.25) is 0 Å². The first-order valence-corrected chi connectivity index (χ1v) is 20.0. The van der Waals surface area contributed by atoms with E-state index in [4.69, 9.17) is 0 Å². The summed E-state index contributed by atoms with van der Waals surface area (Å²) in [6.45, 7) is 0. The van der Waals surface area contributed by atoms with Crippen LogP contribution in [-0.2, 0) is 0 Å². The third kappa shape index (κ3) is 5.46. The predicted molar refractivity (Wildman–Crippen MR) is 243 cm³/mol. The molecule has 0 aliphatic carbocycles. The van der Waals surface area contributed by atoms with Gasteiger partial charge in [0.15, 0.2) is 0 Å². The normalized spacial score (nSPS) is 11.6. The van der Waals surface area contributed by atoms with Gasteiger partial charge in [0.05, 0.1) is 11.4 Å². The zero-order chi connectivity index (χ0) is 37.0. The van der Waals surface area contributed by atoms with Crippen LogP contribution in [0.15, 0.2) is 212 Å². The molecular weight excluding hydrogens is 695 g/mol. The second kappa shape index (κ2) is 13.4. The van der Waals surface area contributed by atoms with Crippen LogP contribution in [0.1, 0.15) is 0 Å². The summed E-state index contributed by atoms with van der Waals surface area (Å²) in [5.41, 5.74) is 10.5. The van der Waals surface area contributed by atoms with E-state index in [-0.39, 0.29) is 0 Å². The Morgan fingerprint density at radius 2 is 0.857 bits per heavy atom. The number of thiophene rings is 1. The van der Waals surface area contributed by atoms with Crippen molar-refractivity contribution >= 4 is 80.9 Å². The summed E-state index contributed by atoms with van der Waals surface area (Å²) in [5.74, 6) is 0. The third-order valence-electron chi connectivity index (χ3n) is 11.2. The number of fused-ring (bicyclic) bond motifs is 7. The summed E-state index contributed by atoms with van der Waals surface area (Å²) in [5, 5.41) is 10.1. The summed E-state index contributed by atoms with van der Waals surface area (Å²) in [6.07, 6.45) is 0. The van der Waals surface area contributed by atoms with Gasteiger partial charge in [-0.05, 0) is 103 Å². The maximum absolute atomic E-state index is 2.46. The molecule has 0 saturated carbocycles. The van der Waals surface area contributed by atoms with Crippen molar-refractivity contribution in [2.45, 2.75) is 0 Å². The highest BCUT2D eigenvalue weighted by atomic mass is 32.1. The standard InChI is InChI=1S/C54H35NS/c1-2-14-38-33-41(26-25-36(38)13-1)44-17-7-10-22-51(44)55(42-30-27-37(28-31-42)39-29-32-49-48-21-9-12-24-53(48)56-54(49)35-39)52-23-11-8-20-47(52)50-34-40-15-3-4-16-43(40)45-18-5-6-19-46(45)50/h1-35H. The average Bonchev–Trinajstić information content (AvgIpc) is 3.65. The summed E-state index contributed by atoms with van der Waals surface area (Å²) in [6, 6.07) is 77.9. The van der Waals surface area contributed by atoms with Gasteiger partial charge in [0.25, 0.3) is 0 Å². The van der Waals surface area contributed by atoms with Gasteiger partial charge in [0, 0.05) is 37.0 Å². The monoisotopic (exact) mass is 729 g/mol. The minimum Gasteiger partial charge on any atom is -0.309 e. The zero-order valence-corrected chi connectivity index (χ0v) is 31.4. The van der Waals surface area contributed by atoms with Crippen molar-refractivity contribution in [2.75, 3.05) is 4.90 Å². The first kappa shape index (κ1) is 32.4. The maximum atomic E-state index is 2.46. The van der Waals surface area contributed by atoms with Crippen LogP contribution in [0.5, 0.6) is 0 Å². The van der Waals surface area contributed by atoms with E-state index in [1.54, 1.807) is 0 Å². The zero-order valence-electron chi connectivity index (χ0n) is 30.6. The largest absolute Gasteiger partial charge is 0.309 e. The molecule has 0 N–H and O–H groups in total. The van der Waals surface area contributed by atoms with Gasteiger partial charge < -0.3 is 4.90 Å². The number of nitrogens with zero attached hydrogens (tertiary/aromatic N) is 1. The van der Waals surface area contributed by atoms with E-state index in [1.165, 1.54) is 85.9 Å². The van der Waals surface area contributed by atoms with E-state index in [1.807, 2.05) is 11.3 Å². The van der Waals surface area contributed by atoms with Gasteiger partial charge in [-0.2, -0.15) is 0 Å². The molecule has 1 nitrogen and oxygen atoms in total. The number of benzene rings is 10. The van der Waals surface area contributed by atoms with E-state index < -0.39 is 0 Å². The van der Waals surface area contributed by atoms with Crippen molar-refractivity contribution in [1.29, 1.82) is 0 Å². The van der Waals surface area contributed by atoms with Gasteiger partial charge in [-0.1, -0.05) is 164 Å². The van der Waals surface area contributed by atoms with E-state index in [9.17, 15) is 0 Å². The Balaban J connectivity index is 1.11. The lowest BCUT2D eigenvalue weighted by molar-refractivity contribution is 1.28. The van der Waals surface area contributed by atoms with Crippen LogP contribution in [0.2, 0.25) is 0 Å². The fourth-order valence-corrected chi connectivity index (χ4v) is 9.70. The summed E-state index contributed by atoms with van der Waals surface area (Å²) in [7, 11) is 0. The molecule has 0 fully saturated rings. The number of hydrogen-bond acceptors (Lipinski definition) is 2. The van der Waals surface area contributed by atoms with Gasteiger partial charge in [-0.25, -0.2) is 0 Å². The van der Waals surface area contributed by atoms with E-state index >= 15 is 0 Å². The topological polar surface area (TPSA) is 3.24 Å². The van der Waals surface area contributed by atoms with Crippen LogP contribution < -0.4 is 4.90 Å². The lowest BCUT2D eigenvalue weighted by atomic mass is 9.91. The predicted octanol–water partition coefficient (Wildman–Crippen LogP) is 16.0. The third-order valence-corrected chi connectivity index (χ3v) is 12.4. The van der Waals surface area contributed by atoms with E-state index in [0.29, 0.717) is 0 Å². The molecule has 1 heterocycles. The lowest BCUT2D eigenvalue weighted by Gasteiger charge is -2.30. The van der Waals surface area contributed by atoms with Crippen LogP contribution in [0.3, 0.4) is 0 Å². The first-order chi connectivity index (χ1) is 27.8. The maximum Gasteiger partial charge on any atom is 0.0540 e. The molecule has 262 valence electrons. The molecular formula is C54H35NS. The summed E-state index contributed by atoms with van der Waals surface area (Å²) in [4.78, 5) is 2.46. The quantitative estimate of drug-likeness (QED) is 0.154. The Kier molecular flexibility index (Phi) is 7.75. The molecule has 56 heavy (non-hydrogen) atoms. The highest BCUT2D eigenvalue weighted by Gasteiger charge is 2.22. The molecule has 0 spiro atoms. The van der Waals surface area contributed by atoms with Gasteiger partial charge in [0.2, 0.25) is 0 Å². The van der Waals surface area contributed by atoms with E-state index in [2.05, 4.69) is 217 Å². The van der Waals surface area contributed by atoms with Gasteiger partial charge >= 0.3 is 0 Å². The highest BCUT2D eigenvalue weighted by Crippen LogP contribution is 2.47. The Hall–Kier alpha value is -7.00. The molecule has 0 atom stereocenters. The molecule has 1 aromatic heterocycles. The average molecular weight is 730 g/mol. The molecule has 0 unspecified atom stereocenters. The van der Waals surface area contributed by atoms with Crippen LogP contribution in [0.4, 0.5) is 17.1 Å². The number of para-hydroxylation sites is 2. The molecule has 11 aromatic rings. The minimum absolute atomic E-state index is 1.10. The first-order valence-electron chi connectivity index (χ1n) is 19.2. The summed E-state index contributed by atoms with van der Waals surface area (Å²) >= 11 is 1.87. The molecule has 0 bridgehead atoms. The molecule has 2 heteroatoms. The van der Waals surface area contributed by atoms with Crippen molar-refractivity contribution in [1.82, 2.24) is 0 Å². The second-order valence-corrected chi connectivity index (χ2v) is 15.6. The lowest BCUT2D eigenvalue weighted by Crippen LogP contribution is -2.12. The van der Waals surface area contributed by atoms with Crippen molar-refractivity contribution in [2.24, 2.45) is 0 Å². The van der Waals surface area contributed by atoms with Crippen LogP contribution in [0, 0.1) is 0 Å².